The lowest BCUT2D eigenvalue weighted by Crippen LogP contribution is -2.55. The lowest BCUT2D eigenvalue weighted by molar-refractivity contribution is -0.154. The number of rotatable bonds is 3. The first-order chi connectivity index (χ1) is 16.4. The van der Waals surface area contributed by atoms with Crippen LogP contribution in [0.4, 0.5) is 5.69 Å². The summed E-state index contributed by atoms with van der Waals surface area (Å²) in [6, 6.07) is 14.1. The SMILES string of the molecule is Cc1ccc(C(=O)N2CCN(C(=O)C(=O)N3CCOCC3)CC2)cc1NC(=O)c1ccccc1. The zero-order valence-corrected chi connectivity index (χ0v) is 19.2. The third kappa shape index (κ3) is 5.26. The number of anilines is 1. The molecule has 0 unspecified atom stereocenters. The van der Waals surface area contributed by atoms with Crippen molar-refractivity contribution in [2.75, 3.05) is 57.8 Å². The molecule has 2 aliphatic rings. The van der Waals surface area contributed by atoms with Gasteiger partial charge in [-0.25, -0.2) is 0 Å². The smallest absolute Gasteiger partial charge is 0.312 e. The van der Waals surface area contributed by atoms with E-state index in [-0.39, 0.29) is 11.8 Å². The van der Waals surface area contributed by atoms with Crippen molar-refractivity contribution >= 4 is 29.3 Å². The van der Waals surface area contributed by atoms with Crippen LogP contribution in [0.1, 0.15) is 26.3 Å². The largest absolute Gasteiger partial charge is 0.378 e. The van der Waals surface area contributed by atoms with Gasteiger partial charge in [-0.3, -0.25) is 19.2 Å². The van der Waals surface area contributed by atoms with Gasteiger partial charge in [-0.05, 0) is 36.8 Å². The fraction of sp³-hybridized carbons (Fsp3) is 0.360. The van der Waals surface area contributed by atoms with Crippen LogP contribution in [-0.2, 0) is 14.3 Å². The van der Waals surface area contributed by atoms with Crippen LogP contribution in [0, 0.1) is 6.92 Å². The molecule has 2 aromatic carbocycles. The van der Waals surface area contributed by atoms with Crippen LogP contribution in [0.3, 0.4) is 0 Å². The number of piperazine rings is 1. The molecule has 0 aliphatic carbocycles. The molecule has 0 aromatic heterocycles. The van der Waals surface area contributed by atoms with Crippen LogP contribution >= 0.6 is 0 Å². The second-order valence-corrected chi connectivity index (χ2v) is 8.34. The van der Waals surface area contributed by atoms with Gasteiger partial charge in [0.05, 0.1) is 13.2 Å². The van der Waals surface area contributed by atoms with E-state index in [1.807, 2.05) is 13.0 Å². The second kappa shape index (κ2) is 10.5. The molecule has 0 bridgehead atoms. The van der Waals surface area contributed by atoms with Crippen molar-refractivity contribution in [3.05, 3.63) is 65.2 Å². The van der Waals surface area contributed by atoms with Gasteiger partial charge in [0.2, 0.25) is 0 Å². The monoisotopic (exact) mass is 464 g/mol. The van der Waals surface area contributed by atoms with Gasteiger partial charge in [-0.2, -0.15) is 0 Å². The Bertz CT molecular complexity index is 1070. The van der Waals surface area contributed by atoms with Crippen LogP contribution in [0.5, 0.6) is 0 Å². The lowest BCUT2D eigenvalue weighted by atomic mass is 10.1. The predicted molar refractivity (Wildman–Crippen MR) is 125 cm³/mol. The van der Waals surface area contributed by atoms with Crippen molar-refractivity contribution in [3.8, 4) is 0 Å². The molecule has 2 fully saturated rings. The number of nitrogens with zero attached hydrogens (tertiary/aromatic N) is 3. The molecule has 34 heavy (non-hydrogen) atoms. The Labute approximate surface area is 198 Å². The van der Waals surface area contributed by atoms with E-state index in [0.717, 1.165) is 5.56 Å². The Kier molecular flexibility index (Phi) is 7.22. The third-order valence-electron chi connectivity index (χ3n) is 6.10. The lowest BCUT2D eigenvalue weighted by Gasteiger charge is -2.36. The first-order valence-corrected chi connectivity index (χ1v) is 11.4. The molecule has 2 aliphatic heterocycles. The summed E-state index contributed by atoms with van der Waals surface area (Å²) in [4.78, 5) is 55.4. The van der Waals surface area contributed by atoms with E-state index in [1.54, 1.807) is 47.4 Å². The molecule has 2 saturated heterocycles. The molecule has 0 radical (unpaired) electrons. The average Bonchev–Trinajstić information content (AvgIpc) is 2.89. The number of aryl methyl sites for hydroxylation is 1. The Morgan fingerprint density at radius 1 is 0.735 bits per heavy atom. The molecule has 9 heteroatoms. The van der Waals surface area contributed by atoms with Gasteiger partial charge in [0.25, 0.3) is 11.8 Å². The first-order valence-electron chi connectivity index (χ1n) is 11.4. The Hall–Kier alpha value is -3.72. The molecular weight excluding hydrogens is 436 g/mol. The van der Waals surface area contributed by atoms with E-state index in [2.05, 4.69) is 5.32 Å². The van der Waals surface area contributed by atoms with Crippen molar-refractivity contribution in [3.63, 3.8) is 0 Å². The molecule has 0 atom stereocenters. The summed E-state index contributed by atoms with van der Waals surface area (Å²) in [5, 5.41) is 2.88. The van der Waals surface area contributed by atoms with Crippen molar-refractivity contribution in [2.45, 2.75) is 6.92 Å². The van der Waals surface area contributed by atoms with Gasteiger partial charge >= 0.3 is 11.8 Å². The number of hydrogen-bond acceptors (Lipinski definition) is 5. The number of morpholine rings is 1. The zero-order chi connectivity index (χ0) is 24.1. The molecule has 0 saturated carbocycles. The molecule has 4 rings (SSSR count). The number of amides is 4. The third-order valence-corrected chi connectivity index (χ3v) is 6.10. The standard InChI is InChI=1S/C25H28N4O5/c1-18-7-8-20(17-21(18)26-22(30)19-5-3-2-4-6-19)23(31)27-9-11-28(12-10-27)24(32)25(33)29-13-15-34-16-14-29/h2-8,17H,9-16H2,1H3,(H,26,30). The van der Waals surface area contributed by atoms with Crippen LogP contribution in [0.25, 0.3) is 0 Å². The Balaban J connectivity index is 1.36. The number of ether oxygens (including phenoxy) is 1. The van der Waals surface area contributed by atoms with Crippen molar-refractivity contribution in [1.82, 2.24) is 14.7 Å². The average molecular weight is 465 g/mol. The Morgan fingerprint density at radius 2 is 1.32 bits per heavy atom. The zero-order valence-electron chi connectivity index (χ0n) is 19.2. The molecule has 178 valence electrons. The summed E-state index contributed by atoms with van der Waals surface area (Å²) < 4.78 is 5.23. The number of nitrogens with one attached hydrogen (secondary N) is 1. The minimum atomic E-state index is -0.532. The first kappa shape index (κ1) is 23.4. The van der Waals surface area contributed by atoms with Gasteiger partial charge in [0.15, 0.2) is 0 Å². The molecule has 1 N–H and O–H groups in total. The fourth-order valence-corrected chi connectivity index (χ4v) is 4.01. The van der Waals surface area contributed by atoms with Gasteiger partial charge < -0.3 is 24.8 Å². The van der Waals surface area contributed by atoms with Crippen molar-refractivity contribution in [1.29, 1.82) is 0 Å². The van der Waals surface area contributed by atoms with Crippen LogP contribution in [0.15, 0.2) is 48.5 Å². The van der Waals surface area contributed by atoms with Gasteiger partial charge in [-0.1, -0.05) is 24.3 Å². The summed E-state index contributed by atoms with van der Waals surface area (Å²) in [6.07, 6.45) is 0. The molecule has 2 aromatic rings. The van der Waals surface area contributed by atoms with Gasteiger partial charge in [0.1, 0.15) is 0 Å². The minimum Gasteiger partial charge on any atom is -0.378 e. The number of carbonyl (C=O) groups excluding carboxylic acids is 4. The highest BCUT2D eigenvalue weighted by molar-refractivity contribution is 6.35. The second-order valence-electron chi connectivity index (χ2n) is 8.34. The molecule has 2 heterocycles. The highest BCUT2D eigenvalue weighted by Gasteiger charge is 2.31. The van der Waals surface area contributed by atoms with E-state index >= 15 is 0 Å². The van der Waals surface area contributed by atoms with Crippen LogP contribution in [-0.4, -0.2) is 90.8 Å². The van der Waals surface area contributed by atoms with E-state index in [4.69, 9.17) is 4.74 Å². The predicted octanol–water partition coefficient (Wildman–Crippen LogP) is 1.39. The summed E-state index contributed by atoms with van der Waals surface area (Å²) in [7, 11) is 0. The maximum absolute atomic E-state index is 13.1. The number of carbonyl (C=O) groups is 4. The highest BCUT2D eigenvalue weighted by Crippen LogP contribution is 2.20. The van der Waals surface area contributed by atoms with Crippen LogP contribution < -0.4 is 5.32 Å². The molecule has 0 spiro atoms. The minimum absolute atomic E-state index is 0.179. The summed E-state index contributed by atoms with van der Waals surface area (Å²) in [5.74, 6) is -1.47. The number of hydrogen-bond donors (Lipinski definition) is 1. The van der Waals surface area contributed by atoms with E-state index in [0.29, 0.717) is 69.3 Å². The maximum atomic E-state index is 13.1. The molecular formula is C25H28N4O5. The van der Waals surface area contributed by atoms with Crippen molar-refractivity contribution < 1.29 is 23.9 Å². The quantitative estimate of drug-likeness (QED) is 0.693. The van der Waals surface area contributed by atoms with E-state index in [9.17, 15) is 19.2 Å². The summed E-state index contributed by atoms with van der Waals surface area (Å²) in [6.45, 7) is 4.83. The number of benzene rings is 2. The summed E-state index contributed by atoms with van der Waals surface area (Å²) >= 11 is 0. The topological polar surface area (TPSA) is 99.3 Å². The summed E-state index contributed by atoms with van der Waals surface area (Å²) in [5.41, 5.74) is 2.41. The maximum Gasteiger partial charge on any atom is 0.312 e. The fourth-order valence-electron chi connectivity index (χ4n) is 4.01. The van der Waals surface area contributed by atoms with Gasteiger partial charge in [0, 0.05) is 56.1 Å². The van der Waals surface area contributed by atoms with Gasteiger partial charge in [-0.15, -0.1) is 0 Å². The normalized spacial score (nSPS) is 16.2. The van der Waals surface area contributed by atoms with Crippen LogP contribution in [0.2, 0.25) is 0 Å². The van der Waals surface area contributed by atoms with E-state index in [1.165, 1.54) is 9.80 Å². The van der Waals surface area contributed by atoms with E-state index < -0.39 is 11.8 Å². The van der Waals surface area contributed by atoms with Crippen molar-refractivity contribution in [2.24, 2.45) is 0 Å². The molecule has 9 nitrogen and oxygen atoms in total. The Morgan fingerprint density at radius 3 is 1.97 bits per heavy atom. The molecule has 4 amide bonds. The highest BCUT2D eigenvalue weighted by atomic mass is 16.5.